The van der Waals surface area contributed by atoms with Crippen LogP contribution in [-0.4, -0.2) is 34.2 Å². The van der Waals surface area contributed by atoms with Crippen molar-refractivity contribution in [1.29, 1.82) is 0 Å². The van der Waals surface area contributed by atoms with Gasteiger partial charge in [0.1, 0.15) is 5.76 Å². The summed E-state index contributed by atoms with van der Waals surface area (Å²) < 4.78 is 5.41. The van der Waals surface area contributed by atoms with Gasteiger partial charge in [0, 0.05) is 30.4 Å². The Balaban J connectivity index is 1.50. The highest BCUT2D eigenvalue weighted by molar-refractivity contribution is 5.45. The third kappa shape index (κ3) is 2.88. The van der Waals surface area contributed by atoms with E-state index in [9.17, 15) is 0 Å². The minimum absolute atomic E-state index is 0.518. The van der Waals surface area contributed by atoms with Crippen molar-refractivity contribution in [2.45, 2.75) is 39.3 Å². The lowest BCUT2D eigenvalue weighted by Crippen LogP contribution is -2.38. The Morgan fingerprint density at radius 2 is 2.20 bits per heavy atom. The van der Waals surface area contributed by atoms with Crippen molar-refractivity contribution in [3.8, 4) is 0 Å². The first-order valence-electron chi connectivity index (χ1n) is 7.25. The van der Waals surface area contributed by atoms with Crippen LogP contribution in [-0.2, 0) is 6.54 Å². The van der Waals surface area contributed by atoms with Crippen LogP contribution in [0.5, 0.6) is 0 Å². The number of aryl methyl sites for hydroxylation is 1. The van der Waals surface area contributed by atoms with Gasteiger partial charge in [0.05, 0.1) is 12.8 Å². The predicted molar refractivity (Wildman–Crippen MR) is 78.7 cm³/mol. The van der Waals surface area contributed by atoms with Crippen LogP contribution in [0.15, 0.2) is 22.8 Å². The van der Waals surface area contributed by atoms with Gasteiger partial charge in [-0.05, 0) is 38.8 Å². The third-order valence-electron chi connectivity index (χ3n) is 4.14. The van der Waals surface area contributed by atoms with Gasteiger partial charge in [-0.2, -0.15) is 5.10 Å². The molecule has 1 aliphatic heterocycles. The first kappa shape index (κ1) is 13.2. The molecule has 0 amide bonds. The molecule has 3 rings (SSSR count). The summed E-state index contributed by atoms with van der Waals surface area (Å²) in [6.07, 6.45) is 4.03. The minimum atomic E-state index is 0.518. The van der Waals surface area contributed by atoms with Gasteiger partial charge in [-0.25, -0.2) is 0 Å². The van der Waals surface area contributed by atoms with Crippen molar-refractivity contribution < 1.29 is 4.42 Å². The second kappa shape index (κ2) is 5.71. The third-order valence-corrected chi connectivity index (χ3v) is 4.14. The molecule has 0 aromatic carbocycles. The van der Waals surface area contributed by atoms with Crippen LogP contribution in [0.1, 0.15) is 29.9 Å². The molecule has 2 N–H and O–H groups in total. The molecule has 1 aliphatic rings. The summed E-state index contributed by atoms with van der Waals surface area (Å²) >= 11 is 0. The Hall–Kier alpha value is -1.75. The Bertz CT molecular complexity index is 538. The van der Waals surface area contributed by atoms with Crippen molar-refractivity contribution in [1.82, 2.24) is 15.1 Å². The summed E-state index contributed by atoms with van der Waals surface area (Å²) in [5.41, 5.74) is 2.37. The molecule has 1 saturated heterocycles. The second-order valence-corrected chi connectivity index (χ2v) is 5.60. The molecule has 0 aliphatic carbocycles. The van der Waals surface area contributed by atoms with Gasteiger partial charge in [-0.15, -0.1) is 0 Å². The molecule has 5 heteroatoms. The molecule has 2 aromatic rings. The van der Waals surface area contributed by atoms with Crippen molar-refractivity contribution in [3.63, 3.8) is 0 Å². The summed E-state index contributed by atoms with van der Waals surface area (Å²) in [6.45, 7) is 7.27. The van der Waals surface area contributed by atoms with Crippen LogP contribution in [0.3, 0.4) is 0 Å². The van der Waals surface area contributed by atoms with E-state index >= 15 is 0 Å². The summed E-state index contributed by atoms with van der Waals surface area (Å²) in [5.74, 6) is 2.06. The quantitative estimate of drug-likeness (QED) is 0.900. The number of piperidine rings is 1. The standard InChI is InChI=1S/C15H22N4O/c1-11-12(2)17-18-15(11)16-13-5-7-19(8-6-13)10-14-4-3-9-20-14/h3-4,9,13H,5-8,10H2,1-2H3,(H2,16,17,18). The average Bonchev–Trinajstić information content (AvgIpc) is 3.06. The topological polar surface area (TPSA) is 57.1 Å². The van der Waals surface area contributed by atoms with Gasteiger partial charge < -0.3 is 9.73 Å². The zero-order valence-corrected chi connectivity index (χ0v) is 12.1. The molecule has 2 aromatic heterocycles. The molecule has 5 nitrogen and oxygen atoms in total. The average molecular weight is 274 g/mol. The number of nitrogens with zero attached hydrogens (tertiary/aromatic N) is 2. The number of nitrogens with one attached hydrogen (secondary N) is 2. The second-order valence-electron chi connectivity index (χ2n) is 5.60. The highest BCUT2D eigenvalue weighted by atomic mass is 16.3. The van der Waals surface area contributed by atoms with Crippen LogP contribution in [0.25, 0.3) is 0 Å². The van der Waals surface area contributed by atoms with Gasteiger partial charge in [-0.3, -0.25) is 10.00 Å². The molecule has 0 saturated carbocycles. The Kier molecular flexibility index (Phi) is 3.78. The number of hydrogen-bond acceptors (Lipinski definition) is 4. The number of aromatic amines is 1. The smallest absolute Gasteiger partial charge is 0.151 e. The summed E-state index contributed by atoms with van der Waals surface area (Å²) in [7, 11) is 0. The summed E-state index contributed by atoms with van der Waals surface area (Å²) in [6, 6.07) is 4.51. The fourth-order valence-corrected chi connectivity index (χ4v) is 2.68. The molecule has 3 heterocycles. The number of rotatable bonds is 4. The van der Waals surface area contributed by atoms with Crippen LogP contribution in [0.4, 0.5) is 5.82 Å². The Morgan fingerprint density at radius 3 is 2.80 bits per heavy atom. The Morgan fingerprint density at radius 1 is 1.40 bits per heavy atom. The van der Waals surface area contributed by atoms with Crippen LogP contribution in [0.2, 0.25) is 0 Å². The van der Waals surface area contributed by atoms with E-state index in [2.05, 4.69) is 34.3 Å². The number of likely N-dealkylation sites (tertiary alicyclic amines) is 1. The zero-order valence-electron chi connectivity index (χ0n) is 12.1. The van der Waals surface area contributed by atoms with Crippen LogP contribution in [0, 0.1) is 13.8 Å². The van der Waals surface area contributed by atoms with Gasteiger partial charge in [-0.1, -0.05) is 0 Å². The molecule has 108 valence electrons. The van der Waals surface area contributed by atoms with Crippen molar-refractivity contribution >= 4 is 5.82 Å². The molecular weight excluding hydrogens is 252 g/mol. The molecule has 0 atom stereocenters. The van der Waals surface area contributed by atoms with Crippen molar-refractivity contribution in [2.24, 2.45) is 0 Å². The molecule has 1 fully saturated rings. The van der Waals surface area contributed by atoms with Crippen LogP contribution >= 0.6 is 0 Å². The largest absolute Gasteiger partial charge is 0.468 e. The number of aromatic nitrogens is 2. The lowest BCUT2D eigenvalue weighted by Gasteiger charge is -2.31. The Labute approximate surface area is 119 Å². The first-order chi connectivity index (χ1) is 9.72. The monoisotopic (exact) mass is 274 g/mol. The van der Waals surface area contributed by atoms with E-state index in [4.69, 9.17) is 4.42 Å². The minimum Gasteiger partial charge on any atom is -0.468 e. The van der Waals surface area contributed by atoms with Gasteiger partial charge in [0.25, 0.3) is 0 Å². The van der Waals surface area contributed by atoms with E-state index in [-0.39, 0.29) is 0 Å². The highest BCUT2D eigenvalue weighted by Gasteiger charge is 2.21. The normalized spacial score (nSPS) is 17.5. The van der Waals surface area contributed by atoms with E-state index in [0.29, 0.717) is 6.04 Å². The highest BCUT2D eigenvalue weighted by Crippen LogP contribution is 2.20. The van der Waals surface area contributed by atoms with E-state index < -0.39 is 0 Å². The van der Waals surface area contributed by atoms with Crippen molar-refractivity contribution in [2.75, 3.05) is 18.4 Å². The lowest BCUT2D eigenvalue weighted by atomic mass is 10.0. The number of furan rings is 1. The number of anilines is 1. The number of hydrogen-bond donors (Lipinski definition) is 2. The summed E-state index contributed by atoms with van der Waals surface area (Å²) in [5, 5.41) is 10.9. The van der Waals surface area contributed by atoms with E-state index in [1.165, 1.54) is 5.56 Å². The number of H-pyrrole nitrogens is 1. The fourth-order valence-electron chi connectivity index (χ4n) is 2.68. The maximum absolute atomic E-state index is 5.41. The molecular formula is C15H22N4O. The molecule has 20 heavy (non-hydrogen) atoms. The van der Waals surface area contributed by atoms with Gasteiger partial charge in [0.2, 0.25) is 0 Å². The van der Waals surface area contributed by atoms with E-state index in [1.807, 2.05) is 12.1 Å². The lowest BCUT2D eigenvalue weighted by molar-refractivity contribution is 0.196. The molecule has 0 bridgehead atoms. The zero-order chi connectivity index (χ0) is 13.9. The van der Waals surface area contributed by atoms with Gasteiger partial charge >= 0.3 is 0 Å². The van der Waals surface area contributed by atoms with E-state index in [1.54, 1.807) is 6.26 Å². The summed E-state index contributed by atoms with van der Waals surface area (Å²) in [4.78, 5) is 2.44. The maximum atomic E-state index is 5.41. The fraction of sp³-hybridized carbons (Fsp3) is 0.533. The predicted octanol–water partition coefficient (Wildman–Crippen LogP) is 2.70. The molecule has 0 radical (unpaired) electrons. The maximum Gasteiger partial charge on any atom is 0.151 e. The first-order valence-corrected chi connectivity index (χ1v) is 7.25. The van der Waals surface area contributed by atoms with Gasteiger partial charge in [0.15, 0.2) is 5.82 Å². The SMILES string of the molecule is Cc1[nH]nc(NC2CCN(Cc3ccco3)CC2)c1C. The van der Waals surface area contributed by atoms with Crippen molar-refractivity contribution in [3.05, 3.63) is 35.4 Å². The van der Waals surface area contributed by atoms with E-state index in [0.717, 1.165) is 49.7 Å². The molecule has 0 unspecified atom stereocenters. The van der Waals surface area contributed by atoms with Crippen LogP contribution < -0.4 is 5.32 Å². The molecule has 0 spiro atoms.